The Morgan fingerprint density at radius 2 is 1.87 bits per heavy atom. The maximum absolute atomic E-state index is 12.6. The molecule has 3 heterocycles. The molecule has 0 fully saturated rings. The zero-order valence-electron chi connectivity index (χ0n) is 16.8. The van der Waals surface area contributed by atoms with E-state index in [9.17, 15) is 14.4 Å². The van der Waals surface area contributed by atoms with Crippen LogP contribution in [0.5, 0.6) is 0 Å². The molecular formula is C22H19N5O3. The van der Waals surface area contributed by atoms with Gasteiger partial charge in [-0.2, -0.15) is 0 Å². The quantitative estimate of drug-likeness (QED) is 0.674. The predicted molar refractivity (Wildman–Crippen MR) is 110 cm³/mol. The summed E-state index contributed by atoms with van der Waals surface area (Å²) in [6, 6.07) is 6.92. The molecule has 1 aromatic carbocycles. The van der Waals surface area contributed by atoms with Gasteiger partial charge in [0.05, 0.1) is 35.1 Å². The van der Waals surface area contributed by atoms with Gasteiger partial charge >= 0.3 is 0 Å². The summed E-state index contributed by atoms with van der Waals surface area (Å²) in [5.74, 6) is -0.683. The lowest BCUT2D eigenvalue weighted by atomic mass is 9.97. The number of carbonyl (C=O) groups excluding carboxylic acids is 3. The Bertz CT molecular complexity index is 1190. The number of hydrogen-bond donors (Lipinski definition) is 1. The number of pyridine rings is 1. The summed E-state index contributed by atoms with van der Waals surface area (Å²) in [4.78, 5) is 51.1. The molecule has 4 rings (SSSR count). The molecule has 1 aliphatic heterocycles. The van der Waals surface area contributed by atoms with Gasteiger partial charge in [0.15, 0.2) is 0 Å². The number of hydrogen-bond acceptors (Lipinski definition) is 6. The third-order valence-electron chi connectivity index (χ3n) is 4.85. The maximum atomic E-state index is 12.6. The zero-order chi connectivity index (χ0) is 21.4. The molecule has 150 valence electrons. The lowest BCUT2D eigenvalue weighted by molar-refractivity contribution is -0.115. The van der Waals surface area contributed by atoms with E-state index in [0.29, 0.717) is 28.2 Å². The van der Waals surface area contributed by atoms with Crippen molar-refractivity contribution in [1.29, 1.82) is 0 Å². The molecular weight excluding hydrogens is 382 g/mol. The van der Waals surface area contributed by atoms with Gasteiger partial charge in [0.1, 0.15) is 5.82 Å². The number of aryl methyl sites for hydroxylation is 2. The molecule has 30 heavy (non-hydrogen) atoms. The average Bonchev–Trinajstić information content (AvgIpc) is 2.92. The number of fused-ring (bicyclic) bond motifs is 1. The number of rotatable bonds is 4. The number of carbonyl (C=O) groups is 3. The molecule has 0 atom stereocenters. The van der Waals surface area contributed by atoms with Gasteiger partial charge in [0.2, 0.25) is 5.91 Å². The number of aromatic nitrogens is 3. The number of imide groups is 1. The van der Waals surface area contributed by atoms with Crippen LogP contribution in [0, 0.1) is 13.8 Å². The highest BCUT2D eigenvalue weighted by atomic mass is 16.2. The molecule has 2 aromatic heterocycles. The Labute approximate surface area is 173 Å². The SMILES string of the molecule is Cc1cc(CC(=O)Nc2ccc(-c3cncc(C)n3)cn2)c2c(c1)C(=O)N(C)C2=O. The Morgan fingerprint density at radius 1 is 1.07 bits per heavy atom. The molecule has 1 aliphatic rings. The molecule has 3 amide bonds. The van der Waals surface area contributed by atoms with Gasteiger partial charge < -0.3 is 5.32 Å². The summed E-state index contributed by atoms with van der Waals surface area (Å²) in [5, 5.41) is 2.73. The second kappa shape index (κ2) is 7.47. The third-order valence-corrected chi connectivity index (χ3v) is 4.85. The molecule has 0 saturated carbocycles. The second-order valence-electron chi connectivity index (χ2n) is 7.22. The molecule has 8 heteroatoms. The fraction of sp³-hybridized carbons (Fsp3) is 0.182. The first-order valence-electron chi connectivity index (χ1n) is 9.34. The molecule has 3 aromatic rings. The second-order valence-corrected chi connectivity index (χ2v) is 7.22. The first kappa shape index (κ1) is 19.4. The summed E-state index contributed by atoms with van der Waals surface area (Å²) in [6.07, 6.45) is 4.89. The lowest BCUT2D eigenvalue weighted by Gasteiger charge is -2.09. The van der Waals surface area contributed by atoms with Gasteiger partial charge in [0.25, 0.3) is 11.8 Å². The van der Waals surface area contributed by atoms with Gasteiger partial charge in [0, 0.05) is 25.0 Å². The minimum absolute atomic E-state index is 0.0380. The van der Waals surface area contributed by atoms with Crippen LogP contribution in [0.25, 0.3) is 11.3 Å². The van der Waals surface area contributed by atoms with E-state index in [-0.39, 0.29) is 24.1 Å². The fourth-order valence-electron chi connectivity index (χ4n) is 3.44. The van der Waals surface area contributed by atoms with Gasteiger partial charge in [-0.05, 0) is 43.2 Å². The van der Waals surface area contributed by atoms with Crippen molar-refractivity contribution in [3.05, 3.63) is 70.8 Å². The first-order valence-corrected chi connectivity index (χ1v) is 9.34. The van der Waals surface area contributed by atoms with Crippen LogP contribution in [0.3, 0.4) is 0 Å². The highest BCUT2D eigenvalue weighted by Gasteiger charge is 2.35. The number of nitrogens with zero attached hydrogens (tertiary/aromatic N) is 4. The summed E-state index contributed by atoms with van der Waals surface area (Å²) in [7, 11) is 1.44. The number of anilines is 1. The monoisotopic (exact) mass is 401 g/mol. The van der Waals surface area contributed by atoms with E-state index in [4.69, 9.17) is 0 Å². The third kappa shape index (κ3) is 3.55. The Kier molecular flexibility index (Phi) is 4.83. The van der Waals surface area contributed by atoms with E-state index >= 15 is 0 Å². The highest BCUT2D eigenvalue weighted by Crippen LogP contribution is 2.27. The van der Waals surface area contributed by atoms with Crippen LogP contribution in [0.15, 0.2) is 42.9 Å². The summed E-state index contributed by atoms with van der Waals surface area (Å²) in [6.45, 7) is 3.68. The van der Waals surface area contributed by atoms with Crippen LogP contribution < -0.4 is 5.32 Å². The smallest absolute Gasteiger partial charge is 0.261 e. The standard InChI is InChI=1S/C22H19N5O3/c1-12-6-15(20-16(7-12)21(29)27(3)22(20)30)8-19(28)26-18-5-4-14(10-24-18)17-11-23-9-13(2)25-17/h4-7,9-11H,8H2,1-3H3,(H,24,26,28). The molecule has 1 N–H and O–H groups in total. The summed E-state index contributed by atoms with van der Waals surface area (Å²) in [5.41, 5.74) is 4.26. The van der Waals surface area contributed by atoms with Crippen LogP contribution in [-0.2, 0) is 11.2 Å². The van der Waals surface area contributed by atoms with E-state index in [1.54, 1.807) is 42.9 Å². The van der Waals surface area contributed by atoms with E-state index in [2.05, 4.69) is 20.3 Å². The van der Waals surface area contributed by atoms with Crippen LogP contribution in [-0.4, -0.2) is 44.6 Å². The van der Waals surface area contributed by atoms with Crippen LogP contribution >= 0.6 is 0 Å². The van der Waals surface area contributed by atoms with E-state index < -0.39 is 0 Å². The molecule has 0 saturated heterocycles. The van der Waals surface area contributed by atoms with Crippen molar-refractivity contribution in [2.45, 2.75) is 20.3 Å². The Morgan fingerprint density at radius 3 is 2.57 bits per heavy atom. The van der Waals surface area contributed by atoms with Crippen molar-refractivity contribution >= 4 is 23.5 Å². The fourth-order valence-corrected chi connectivity index (χ4v) is 3.44. The van der Waals surface area contributed by atoms with Crippen molar-refractivity contribution < 1.29 is 14.4 Å². The maximum Gasteiger partial charge on any atom is 0.261 e. The lowest BCUT2D eigenvalue weighted by Crippen LogP contribution is -2.24. The van der Waals surface area contributed by atoms with Crippen molar-refractivity contribution in [2.24, 2.45) is 0 Å². The molecule has 0 spiro atoms. The van der Waals surface area contributed by atoms with Gasteiger partial charge in [-0.15, -0.1) is 0 Å². The minimum atomic E-state index is -0.389. The Hall–Kier alpha value is -3.94. The van der Waals surface area contributed by atoms with Crippen LogP contribution in [0.1, 0.15) is 37.5 Å². The molecule has 0 aliphatic carbocycles. The molecule has 0 unspecified atom stereocenters. The van der Waals surface area contributed by atoms with Crippen LogP contribution in [0.4, 0.5) is 5.82 Å². The van der Waals surface area contributed by atoms with E-state index in [1.807, 2.05) is 13.8 Å². The average molecular weight is 401 g/mol. The zero-order valence-corrected chi connectivity index (χ0v) is 16.8. The number of amides is 3. The number of benzene rings is 1. The predicted octanol–water partition coefficient (Wildman–Crippen LogP) is 2.56. The normalized spacial score (nSPS) is 12.8. The summed E-state index contributed by atoms with van der Waals surface area (Å²) < 4.78 is 0. The molecule has 0 radical (unpaired) electrons. The minimum Gasteiger partial charge on any atom is -0.310 e. The summed E-state index contributed by atoms with van der Waals surface area (Å²) >= 11 is 0. The van der Waals surface area contributed by atoms with Crippen molar-refractivity contribution in [3.63, 3.8) is 0 Å². The van der Waals surface area contributed by atoms with E-state index in [1.165, 1.54) is 7.05 Å². The molecule has 0 bridgehead atoms. The van der Waals surface area contributed by atoms with Crippen molar-refractivity contribution in [3.8, 4) is 11.3 Å². The van der Waals surface area contributed by atoms with Gasteiger partial charge in [-0.3, -0.25) is 24.3 Å². The van der Waals surface area contributed by atoms with Gasteiger partial charge in [-0.1, -0.05) is 6.07 Å². The molecule has 8 nitrogen and oxygen atoms in total. The van der Waals surface area contributed by atoms with Crippen molar-refractivity contribution in [2.75, 3.05) is 12.4 Å². The highest BCUT2D eigenvalue weighted by molar-refractivity contribution is 6.22. The Balaban J connectivity index is 1.52. The largest absolute Gasteiger partial charge is 0.310 e. The van der Waals surface area contributed by atoms with Crippen molar-refractivity contribution in [1.82, 2.24) is 19.9 Å². The van der Waals surface area contributed by atoms with E-state index in [0.717, 1.165) is 21.7 Å². The number of nitrogens with one attached hydrogen (secondary N) is 1. The van der Waals surface area contributed by atoms with Crippen LogP contribution in [0.2, 0.25) is 0 Å². The first-order chi connectivity index (χ1) is 14.3. The topological polar surface area (TPSA) is 105 Å². The van der Waals surface area contributed by atoms with Gasteiger partial charge in [-0.25, -0.2) is 9.97 Å².